The summed E-state index contributed by atoms with van der Waals surface area (Å²) in [6.45, 7) is 0.704. The van der Waals surface area contributed by atoms with Gasteiger partial charge in [-0.25, -0.2) is 0 Å². The lowest BCUT2D eigenvalue weighted by Gasteiger charge is -2.22. The number of aromatic hydroxyl groups is 1. The molecule has 0 bridgehead atoms. The van der Waals surface area contributed by atoms with Crippen LogP contribution in [0.2, 0.25) is 0 Å². The molecular formula is C27H28F3N3O5. The third kappa shape index (κ3) is 5.61. The van der Waals surface area contributed by atoms with Crippen LogP contribution in [0.5, 0.6) is 17.4 Å². The van der Waals surface area contributed by atoms with Crippen molar-refractivity contribution in [2.75, 3.05) is 27.3 Å². The number of aromatic nitrogens is 2. The summed E-state index contributed by atoms with van der Waals surface area (Å²) in [5.74, 6) is -1.13. The second kappa shape index (κ2) is 11.2. The summed E-state index contributed by atoms with van der Waals surface area (Å²) in [6.07, 6.45) is -5.52. The number of ether oxygens (including phenoxy) is 2. The Bertz CT molecular complexity index is 1340. The van der Waals surface area contributed by atoms with Gasteiger partial charge in [-0.15, -0.1) is 0 Å². The molecule has 3 aromatic rings. The summed E-state index contributed by atoms with van der Waals surface area (Å²) >= 11 is 0. The molecule has 1 aromatic heterocycles. The second-order valence-corrected chi connectivity index (χ2v) is 8.99. The number of likely N-dealkylation sites (tertiary alicyclic amines) is 1. The highest BCUT2D eigenvalue weighted by Gasteiger charge is 2.34. The van der Waals surface area contributed by atoms with Crippen molar-refractivity contribution in [3.8, 4) is 23.1 Å². The molecule has 0 saturated carbocycles. The van der Waals surface area contributed by atoms with E-state index in [4.69, 9.17) is 9.47 Å². The monoisotopic (exact) mass is 531 g/mol. The van der Waals surface area contributed by atoms with Gasteiger partial charge in [-0.3, -0.25) is 14.2 Å². The van der Waals surface area contributed by atoms with Gasteiger partial charge in [0.2, 0.25) is 5.88 Å². The van der Waals surface area contributed by atoms with Crippen LogP contribution in [-0.2, 0) is 6.42 Å². The third-order valence-corrected chi connectivity index (χ3v) is 6.58. The summed E-state index contributed by atoms with van der Waals surface area (Å²) in [5.41, 5.74) is -0.405. The van der Waals surface area contributed by atoms with E-state index < -0.39 is 35.5 Å². The molecule has 1 amide bonds. The zero-order chi connectivity index (χ0) is 27.4. The van der Waals surface area contributed by atoms with E-state index in [0.717, 1.165) is 10.1 Å². The molecule has 0 aliphatic carbocycles. The number of carbonyl (C=O) groups excluding carboxylic acids is 1. The van der Waals surface area contributed by atoms with E-state index in [9.17, 15) is 27.9 Å². The third-order valence-electron chi connectivity index (χ3n) is 6.58. The van der Waals surface area contributed by atoms with Gasteiger partial charge in [0.1, 0.15) is 23.0 Å². The van der Waals surface area contributed by atoms with Gasteiger partial charge in [-0.05, 0) is 30.5 Å². The van der Waals surface area contributed by atoms with Crippen LogP contribution in [-0.4, -0.2) is 59.0 Å². The standard InChI is InChI=1S/C27H28F3N3O5/c1-37-19-10-6-11-20(38-2)23(19)33-21(12-7-14-27(28,29)30)31-24(34)22(26(33)36)25(35)32-15-13-18(16-32)17-8-4-3-5-9-17/h3-6,8-11,18,36H,7,12-16H2,1-2H3/t18-/m1/s1. The normalized spacial score (nSPS) is 15.5. The number of amides is 1. The summed E-state index contributed by atoms with van der Waals surface area (Å²) in [5, 5.41) is 11.4. The van der Waals surface area contributed by atoms with Crippen molar-refractivity contribution < 1.29 is 32.5 Å². The van der Waals surface area contributed by atoms with E-state index in [-0.39, 0.29) is 41.8 Å². The smallest absolute Gasteiger partial charge is 0.389 e. The van der Waals surface area contributed by atoms with Crippen LogP contribution in [0.25, 0.3) is 5.69 Å². The first-order valence-corrected chi connectivity index (χ1v) is 12.1. The van der Waals surface area contributed by atoms with Crippen LogP contribution in [0, 0.1) is 0 Å². The number of hydrogen-bond acceptors (Lipinski definition) is 6. The SMILES string of the molecule is COc1cccc(OC)c1-n1c(CCCC(F)(F)F)nc(=O)c(C(=O)N2CC[C@@H](c3ccccc3)C2)c1O. The largest absolute Gasteiger partial charge is 0.494 e. The maximum Gasteiger partial charge on any atom is 0.389 e. The maximum absolute atomic E-state index is 13.5. The van der Waals surface area contributed by atoms with E-state index in [2.05, 4.69) is 4.98 Å². The summed E-state index contributed by atoms with van der Waals surface area (Å²) in [6, 6.07) is 14.4. The minimum atomic E-state index is -4.41. The molecule has 11 heteroatoms. The highest BCUT2D eigenvalue weighted by atomic mass is 19.4. The van der Waals surface area contributed by atoms with E-state index in [0.29, 0.717) is 19.5 Å². The average molecular weight is 532 g/mol. The number of benzene rings is 2. The molecule has 202 valence electrons. The first-order chi connectivity index (χ1) is 18.1. The molecule has 8 nitrogen and oxygen atoms in total. The molecule has 1 atom stereocenters. The molecule has 2 heterocycles. The average Bonchev–Trinajstić information content (AvgIpc) is 3.39. The molecule has 1 N–H and O–H groups in total. The Hall–Kier alpha value is -4.02. The first-order valence-electron chi connectivity index (χ1n) is 12.1. The van der Waals surface area contributed by atoms with Crippen LogP contribution >= 0.6 is 0 Å². The molecule has 1 saturated heterocycles. The lowest BCUT2D eigenvalue weighted by molar-refractivity contribution is -0.135. The molecule has 2 aromatic carbocycles. The van der Waals surface area contributed by atoms with Gasteiger partial charge >= 0.3 is 6.18 Å². The van der Waals surface area contributed by atoms with Gasteiger partial charge in [0.05, 0.1) is 14.2 Å². The summed E-state index contributed by atoms with van der Waals surface area (Å²) < 4.78 is 50.4. The Morgan fingerprint density at radius 3 is 2.34 bits per heavy atom. The molecule has 38 heavy (non-hydrogen) atoms. The number of methoxy groups -OCH3 is 2. The predicted molar refractivity (Wildman–Crippen MR) is 133 cm³/mol. The van der Waals surface area contributed by atoms with Crippen LogP contribution in [0.15, 0.2) is 53.3 Å². The first kappa shape index (κ1) is 27.0. The number of halogens is 3. The van der Waals surface area contributed by atoms with Crippen LogP contribution < -0.4 is 15.0 Å². The van der Waals surface area contributed by atoms with Crippen LogP contribution in [0.4, 0.5) is 13.2 Å². The molecular weight excluding hydrogens is 503 g/mol. The molecule has 0 radical (unpaired) electrons. The van der Waals surface area contributed by atoms with Gasteiger partial charge in [0, 0.05) is 31.8 Å². The Morgan fingerprint density at radius 1 is 1.08 bits per heavy atom. The van der Waals surface area contributed by atoms with Crippen molar-refractivity contribution in [3.05, 3.63) is 75.8 Å². The molecule has 0 unspecified atom stereocenters. The fourth-order valence-corrected chi connectivity index (χ4v) is 4.74. The number of nitrogens with zero attached hydrogens (tertiary/aromatic N) is 3. The molecule has 1 aliphatic rings. The number of carbonyl (C=O) groups is 1. The Balaban J connectivity index is 1.78. The second-order valence-electron chi connectivity index (χ2n) is 8.99. The topological polar surface area (TPSA) is 93.9 Å². The highest BCUT2D eigenvalue weighted by molar-refractivity contribution is 5.96. The van der Waals surface area contributed by atoms with E-state index in [1.54, 1.807) is 18.2 Å². The quantitative estimate of drug-likeness (QED) is 0.461. The number of rotatable bonds is 8. The van der Waals surface area contributed by atoms with Crippen molar-refractivity contribution in [1.29, 1.82) is 0 Å². The molecule has 1 fully saturated rings. The zero-order valence-electron chi connectivity index (χ0n) is 21.0. The van der Waals surface area contributed by atoms with Crippen molar-refractivity contribution in [2.45, 2.75) is 37.8 Å². The molecule has 1 aliphatic heterocycles. The Morgan fingerprint density at radius 2 is 1.74 bits per heavy atom. The van der Waals surface area contributed by atoms with E-state index in [1.165, 1.54) is 19.1 Å². The van der Waals surface area contributed by atoms with E-state index >= 15 is 0 Å². The van der Waals surface area contributed by atoms with Crippen LogP contribution in [0.3, 0.4) is 0 Å². The number of para-hydroxylation sites is 1. The minimum Gasteiger partial charge on any atom is -0.494 e. The summed E-state index contributed by atoms with van der Waals surface area (Å²) in [7, 11) is 2.74. The van der Waals surface area contributed by atoms with Crippen LogP contribution in [0.1, 0.15) is 46.9 Å². The van der Waals surface area contributed by atoms with Gasteiger partial charge in [-0.2, -0.15) is 18.2 Å². The lowest BCUT2D eigenvalue weighted by atomic mass is 9.99. The Kier molecular flexibility index (Phi) is 7.94. The number of alkyl halides is 3. The van der Waals surface area contributed by atoms with Crippen molar-refractivity contribution in [3.63, 3.8) is 0 Å². The van der Waals surface area contributed by atoms with Crippen molar-refractivity contribution >= 4 is 5.91 Å². The number of aryl methyl sites for hydroxylation is 1. The highest BCUT2D eigenvalue weighted by Crippen LogP contribution is 2.37. The fraction of sp³-hybridized carbons (Fsp3) is 0.370. The number of hydrogen-bond donors (Lipinski definition) is 1. The van der Waals surface area contributed by atoms with Gasteiger partial charge in [0.15, 0.2) is 5.56 Å². The van der Waals surface area contributed by atoms with Gasteiger partial charge < -0.3 is 19.5 Å². The van der Waals surface area contributed by atoms with Gasteiger partial charge in [0.25, 0.3) is 11.5 Å². The maximum atomic E-state index is 13.5. The molecule has 4 rings (SSSR count). The minimum absolute atomic E-state index is 0.0634. The van der Waals surface area contributed by atoms with Crippen molar-refractivity contribution in [2.24, 2.45) is 0 Å². The predicted octanol–water partition coefficient (Wildman–Crippen LogP) is 4.47. The molecule has 0 spiro atoms. The van der Waals surface area contributed by atoms with E-state index in [1.807, 2.05) is 30.3 Å². The summed E-state index contributed by atoms with van der Waals surface area (Å²) in [4.78, 5) is 32.0. The van der Waals surface area contributed by atoms with Gasteiger partial charge in [-0.1, -0.05) is 36.4 Å². The zero-order valence-corrected chi connectivity index (χ0v) is 21.0. The Labute approximate surface area is 217 Å². The van der Waals surface area contributed by atoms with Crippen molar-refractivity contribution in [1.82, 2.24) is 14.5 Å². The fourth-order valence-electron chi connectivity index (χ4n) is 4.74. The lowest BCUT2D eigenvalue weighted by Crippen LogP contribution is -2.35.